The summed E-state index contributed by atoms with van der Waals surface area (Å²) in [5, 5.41) is 1.03. The van der Waals surface area contributed by atoms with Crippen molar-refractivity contribution in [1.29, 1.82) is 0 Å². The first-order valence-electron chi connectivity index (χ1n) is 7.48. The molecule has 0 fully saturated rings. The SMILES string of the molecule is COc1cccc(-c2ncc(CN(C)CCn3ccnc3)s2)c1. The molecule has 0 bridgehead atoms. The van der Waals surface area contributed by atoms with Crippen LogP contribution in [0.2, 0.25) is 0 Å². The molecule has 0 radical (unpaired) electrons. The van der Waals surface area contributed by atoms with Crippen LogP contribution in [-0.2, 0) is 13.1 Å². The van der Waals surface area contributed by atoms with E-state index in [1.807, 2.05) is 43.1 Å². The zero-order chi connectivity index (χ0) is 16.1. The Balaban J connectivity index is 1.60. The fourth-order valence-corrected chi connectivity index (χ4v) is 3.31. The number of rotatable bonds is 7. The predicted molar refractivity (Wildman–Crippen MR) is 92.7 cm³/mol. The van der Waals surface area contributed by atoms with Gasteiger partial charge in [-0.25, -0.2) is 9.97 Å². The van der Waals surface area contributed by atoms with E-state index in [9.17, 15) is 0 Å². The monoisotopic (exact) mass is 328 g/mol. The van der Waals surface area contributed by atoms with Crippen LogP contribution in [0.25, 0.3) is 10.6 Å². The molecule has 120 valence electrons. The molecular weight excluding hydrogens is 308 g/mol. The molecule has 0 N–H and O–H groups in total. The summed E-state index contributed by atoms with van der Waals surface area (Å²) in [6, 6.07) is 8.02. The van der Waals surface area contributed by atoms with Crippen LogP contribution < -0.4 is 4.74 Å². The summed E-state index contributed by atoms with van der Waals surface area (Å²) in [6.07, 6.45) is 7.61. The zero-order valence-electron chi connectivity index (χ0n) is 13.3. The molecule has 0 saturated heterocycles. The molecule has 2 aromatic heterocycles. The van der Waals surface area contributed by atoms with E-state index in [0.717, 1.165) is 36.0 Å². The highest BCUT2D eigenvalue weighted by molar-refractivity contribution is 7.15. The lowest BCUT2D eigenvalue weighted by Gasteiger charge is -2.15. The quantitative estimate of drug-likeness (QED) is 0.668. The van der Waals surface area contributed by atoms with Crippen LogP contribution in [-0.4, -0.2) is 40.1 Å². The Hall–Kier alpha value is -2.18. The third-order valence-electron chi connectivity index (χ3n) is 3.60. The molecule has 0 aliphatic rings. The van der Waals surface area contributed by atoms with Crippen molar-refractivity contribution in [3.8, 4) is 16.3 Å². The highest BCUT2D eigenvalue weighted by atomic mass is 32.1. The topological polar surface area (TPSA) is 43.2 Å². The minimum atomic E-state index is 0.858. The highest BCUT2D eigenvalue weighted by Crippen LogP contribution is 2.28. The first-order chi connectivity index (χ1) is 11.2. The Labute approximate surface area is 140 Å². The number of hydrogen-bond acceptors (Lipinski definition) is 5. The smallest absolute Gasteiger partial charge is 0.123 e. The van der Waals surface area contributed by atoms with Gasteiger partial charge in [-0.1, -0.05) is 12.1 Å². The van der Waals surface area contributed by atoms with Crippen molar-refractivity contribution in [3.05, 3.63) is 54.1 Å². The molecule has 0 aliphatic carbocycles. The molecule has 2 heterocycles. The van der Waals surface area contributed by atoms with Gasteiger partial charge in [0.1, 0.15) is 10.8 Å². The van der Waals surface area contributed by atoms with Gasteiger partial charge in [0, 0.05) is 48.7 Å². The van der Waals surface area contributed by atoms with E-state index in [1.165, 1.54) is 4.88 Å². The third kappa shape index (κ3) is 4.18. The maximum atomic E-state index is 5.28. The summed E-state index contributed by atoms with van der Waals surface area (Å²) in [5.41, 5.74) is 1.10. The minimum Gasteiger partial charge on any atom is -0.497 e. The fourth-order valence-electron chi connectivity index (χ4n) is 2.32. The van der Waals surface area contributed by atoms with Crippen LogP contribution in [0.15, 0.2) is 49.2 Å². The number of methoxy groups -OCH3 is 1. The molecule has 0 amide bonds. The van der Waals surface area contributed by atoms with Crippen molar-refractivity contribution in [2.24, 2.45) is 0 Å². The number of likely N-dealkylation sites (N-methyl/N-ethyl adjacent to an activating group) is 1. The number of imidazole rings is 1. The van der Waals surface area contributed by atoms with Crippen molar-refractivity contribution in [2.45, 2.75) is 13.1 Å². The normalized spacial score (nSPS) is 11.1. The van der Waals surface area contributed by atoms with Crippen LogP contribution in [0.3, 0.4) is 0 Å². The molecule has 0 saturated carbocycles. The second kappa shape index (κ2) is 7.39. The average Bonchev–Trinajstić information content (AvgIpc) is 3.25. The van der Waals surface area contributed by atoms with E-state index in [4.69, 9.17) is 4.74 Å². The molecule has 1 aromatic carbocycles. The van der Waals surface area contributed by atoms with Crippen molar-refractivity contribution in [3.63, 3.8) is 0 Å². The maximum Gasteiger partial charge on any atom is 0.123 e. The number of ether oxygens (including phenoxy) is 1. The van der Waals surface area contributed by atoms with E-state index < -0.39 is 0 Å². The summed E-state index contributed by atoms with van der Waals surface area (Å²) in [6.45, 7) is 2.82. The molecule has 3 rings (SSSR count). The molecule has 23 heavy (non-hydrogen) atoms. The fraction of sp³-hybridized carbons (Fsp3) is 0.294. The van der Waals surface area contributed by atoms with Gasteiger partial charge in [-0.15, -0.1) is 11.3 Å². The molecule has 0 spiro atoms. The van der Waals surface area contributed by atoms with E-state index in [0.29, 0.717) is 0 Å². The minimum absolute atomic E-state index is 0.858. The Morgan fingerprint density at radius 3 is 3.04 bits per heavy atom. The van der Waals surface area contributed by atoms with Gasteiger partial charge in [-0.3, -0.25) is 4.90 Å². The Kier molecular flexibility index (Phi) is 5.05. The molecule has 0 unspecified atom stereocenters. The van der Waals surface area contributed by atoms with Gasteiger partial charge in [0.05, 0.1) is 13.4 Å². The summed E-state index contributed by atoms with van der Waals surface area (Å²) in [4.78, 5) is 12.2. The average molecular weight is 328 g/mol. The summed E-state index contributed by atoms with van der Waals surface area (Å²) in [5.74, 6) is 0.858. The first-order valence-corrected chi connectivity index (χ1v) is 8.29. The lowest BCUT2D eigenvalue weighted by molar-refractivity contribution is 0.314. The molecular formula is C17H20N4OS. The molecule has 6 heteroatoms. The summed E-state index contributed by atoms with van der Waals surface area (Å²) in [7, 11) is 3.81. The second-order valence-corrected chi connectivity index (χ2v) is 6.52. The Morgan fingerprint density at radius 1 is 1.35 bits per heavy atom. The van der Waals surface area contributed by atoms with Crippen LogP contribution in [0, 0.1) is 0 Å². The van der Waals surface area contributed by atoms with E-state index in [2.05, 4.69) is 32.5 Å². The molecule has 5 nitrogen and oxygen atoms in total. The third-order valence-corrected chi connectivity index (χ3v) is 4.63. The van der Waals surface area contributed by atoms with Gasteiger partial charge in [-0.2, -0.15) is 0 Å². The lowest BCUT2D eigenvalue weighted by Crippen LogP contribution is -2.22. The van der Waals surface area contributed by atoms with Crippen molar-refractivity contribution in [2.75, 3.05) is 20.7 Å². The Morgan fingerprint density at radius 2 is 2.26 bits per heavy atom. The number of thiazole rings is 1. The lowest BCUT2D eigenvalue weighted by atomic mass is 10.2. The number of benzene rings is 1. The largest absolute Gasteiger partial charge is 0.497 e. The Bertz CT molecular complexity index is 739. The zero-order valence-corrected chi connectivity index (χ0v) is 14.2. The van der Waals surface area contributed by atoms with Crippen molar-refractivity contribution in [1.82, 2.24) is 19.4 Å². The molecule has 3 aromatic rings. The van der Waals surface area contributed by atoms with Gasteiger partial charge in [0.15, 0.2) is 0 Å². The molecule has 0 atom stereocenters. The summed E-state index contributed by atoms with van der Waals surface area (Å²) >= 11 is 1.73. The maximum absolute atomic E-state index is 5.28. The van der Waals surface area contributed by atoms with Gasteiger partial charge in [0.25, 0.3) is 0 Å². The number of nitrogens with zero attached hydrogens (tertiary/aromatic N) is 4. The van der Waals surface area contributed by atoms with E-state index >= 15 is 0 Å². The molecule has 0 aliphatic heterocycles. The summed E-state index contributed by atoms with van der Waals surface area (Å²) < 4.78 is 7.36. The predicted octanol–water partition coefficient (Wildman–Crippen LogP) is 3.15. The number of aromatic nitrogens is 3. The van der Waals surface area contributed by atoms with Gasteiger partial charge in [-0.05, 0) is 19.2 Å². The van der Waals surface area contributed by atoms with Gasteiger partial charge >= 0.3 is 0 Å². The van der Waals surface area contributed by atoms with E-state index in [1.54, 1.807) is 18.4 Å². The van der Waals surface area contributed by atoms with Gasteiger partial charge in [0.2, 0.25) is 0 Å². The van der Waals surface area contributed by atoms with Crippen molar-refractivity contribution >= 4 is 11.3 Å². The second-order valence-electron chi connectivity index (χ2n) is 5.40. The highest BCUT2D eigenvalue weighted by Gasteiger charge is 2.08. The number of hydrogen-bond donors (Lipinski definition) is 0. The van der Waals surface area contributed by atoms with E-state index in [-0.39, 0.29) is 0 Å². The van der Waals surface area contributed by atoms with Gasteiger partial charge < -0.3 is 9.30 Å². The van der Waals surface area contributed by atoms with Crippen LogP contribution in [0.5, 0.6) is 5.75 Å². The van der Waals surface area contributed by atoms with Crippen LogP contribution in [0.4, 0.5) is 0 Å². The van der Waals surface area contributed by atoms with Crippen molar-refractivity contribution < 1.29 is 4.74 Å². The standard InChI is InChI=1S/C17H20N4OS/c1-20(8-9-21-7-6-18-13-21)12-16-11-19-17(23-16)14-4-3-5-15(10-14)22-2/h3-7,10-11,13H,8-9,12H2,1-2H3. The van der Waals surface area contributed by atoms with Crippen LogP contribution in [0.1, 0.15) is 4.88 Å². The van der Waals surface area contributed by atoms with Crippen LogP contribution >= 0.6 is 11.3 Å². The first kappa shape index (κ1) is 15.7.